The van der Waals surface area contributed by atoms with E-state index >= 15 is 0 Å². The smallest absolute Gasteiger partial charge is 0.0642 e. The third-order valence-electron chi connectivity index (χ3n) is 2.76. The van der Waals surface area contributed by atoms with E-state index in [0.29, 0.717) is 6.42 Å². The molecule has 1 aromatic carbocycles. The summed E-state index contributed by atoms with van der Waals surface area (Å²) in [7, 11) is 0. The van der Waals surface area contributed by atoms with Gasteiger partial charge in [-0.25, -0.2) is 0 Å². The summed E-state index contributed by atoms with van der Waals surface area (Å²) in [6.45, 7) is 3.68. The number of halogens is 1. The predicted octanol–water partition coefficient (Wildman–Crippen LogP) is 1.82. The van der Waals surface area contributed by atoms with E-state index in [1.54, 1.807) is 0 Å². The molecule has 0 aromatic heterocycles. The van der Waals surface area contributed by atoms with Crippen molar-refractivity contribution in [1.82, 2.24) is 0 Å². The number of nitrogens with zero attached hydrogens (tertiary/aromatic N) is 1. The van der Waals surface area contributed by atoms with Crippen LogP contribution in [0.5, 0.6) is 0 Å². The Bertz CT molecular complexity index is 351. The summed E-state index contributed by atoms with van der Waals surface area (Å²) in [5.74, 6) is 0. The number of hydrogen-bond acceptors (Lipinski definition) is 3. The molecule has 1 aromatic rings. The Hall–Kier alpha value is -0.580. The second-order valence-corrected chi connectivity index (χ2v) is 4.71. The Kier molecular flexibility index (Phi) is 4.21. The van der Waals surface area contributed by atoms with Gasteiger partial charge in [0.25, 0.3) is 0 Å². The average Bonchev–Trinajstić information content (AvgIpc) is 2.31. The number of aliphatic hydroxyl groups is 1. The van der Waals surface area contributed by atoms with Crippen LogP contribution in [0.25, 0.3) is 0 Å². The van der Waals surface area contributed by atoms with E-state index in [1.807, 2.05) is 0 Å². The summed E-state index contributed by atoms with van der Waals surface area (Å²) in [6, 6.07) is 6.27. The topological polar surface area (TPSA) is 32.7 Å². The van der Waals surface area contributed by atoms with Gasteiger partial charge < -0.3 is 14.7 Å². The van der Waals surface area contributed by atoms with Crippen LogP contribution in [-0.2, 0) is 11.2 Å². The van der Waals surface area contributed by atoms with Crippen molar-refractivity contribution in [2.75, 3.05) is 37.8 Å². The van der Waals surface area contributed by atoms with Crippen molar-refractivity contribution in [3.63, 3.8) is 0 Å². The maximum atomic E-state index is 8.89. The van der Waals surface area contributed by atoms with Crippen LogP contribution in [0.15, 0.2) is 22.7 Å². The van der Waals surface area contributed by atoms with Crippen molar-refractivity contribution in [3.8, 4) is 0 Å². The Morgan fingerprint density at radius 3 is 2.69 bits per heavy atom. The number of ether oxygens (including phenoxy) is 1. The zero-order valence-electron chi connectivity index (χ0n) is 9.16. The fourth-order valence-corrected chi connectivity index (χ4v) is 2.57. The third-order valence-corrected chi connectivity index (χ3v) is 3.40. The summed E-state index contributed by atoms with van der Waals surface area (Å²) in [5.41, 5.74) is 2.37. The molecular formula is C12H16BrNO2. The van der Waals surface area contributed by atoms with Crippen LogP contribution in [0.1, 0.15) is 5.56 Å². The lowest BCUT2D eigenvalue weighted by Gasteiger charge is -2.29. The van der Waals surface area contributed by atoms with Crippen molar-refractivity contribution in [3.05, 3.63) is 28.2 Å². The van der Waals surface area contributed by atoms with Gasteiger partial charge in [-0.3, -0.25) is 0 Å². The van der Waals surface area contributed by atoms with Gasteiger partial charge in [-0.1, -0.05) is 6.07 Å². The molecule has 1 fully saturated rings. The molecule has 0 amide bonds. The van der Waals surface area contributed by atoms with E-state index in [0.717, 1.165) is 36.3 Å². The van der Waals surface area contributed by atoms with Gasteiger partial charge in [-0.05, 0) is 40.0 Å². The molecule has 0 saturated carbocycles. The maximum absolute atomic E-state index is 8.89. The molecule has 16 heavy (non-hydrogen) atoms. The molecule has 1 saturated heterocycles. The van der Waals surface area contributed by atoms with Gasteiger partial charge in [0, 0.05) is 24.2 Å². The summed E-state index contributed by atoms with van der Waals surface area (Å²) in [5, 5.41) is 8.89. The van der Waals surface area contributed by atoms with Crippen LogP contribution in [-0.4, -0.2) is 38.0 Å². The van der Waals surface area contributed by atoms with E-state index in [4.69, 9.17) is 9.84 Å². The molecule has 88 valence electrons. The zero-order chi connectivity index (χ0) is 11.4. The van der Waals surface area contributed by atoms with Crippen LogP contribution in [0.2, 0.25) is 0 Å². The van der Waals surface area contributed by atoms with Crippen molar-refractivity contribution >= 4 is 21.6 Å². The molecule has 0 aliphatic carbocycles. The number of anilines is 1. The molecule has 0 radical (unpaired) electrons. The second-order valence-electron chi connectivity index (χ2n) is 3.86. The summed E-state index contributed by atoms with van der Waals surface area (Å²) >= 11 is 3.59. The Labute approximate surface area is 104 Å². The first-order valence-corrected chi connectivity index (χ1v) is 6.32. The van der Waals surface area contributed by atoms with Crippen molar-refractivity contribution in [1.29, 1.82) is 0 Å². The molecular weight excluding hydrogens is 270 g/mol. The lowest BCUT2D eigenvalue weighted by Crippen LogP contribution is -2.36. The highest BCUT2D eigenvalue weighted by Crippen LogP contribution is 2.28. The molecule has 2 rings (SSSR count). The average molecular weight is 286 g/mol. The van der Waals surface area contributed by atoms with Gasteiger partial charge in [-0.15, -0.1) is 0 Å². The minimum Gasteiger partial charge on any atom is -0.396 e. The normalized spacial score (nSPS) is 16.5. The molecule has 0 atom stereocenters. The molecule has 3 nitrogen and oxygen atoms in total. The Balaban J connectivity index is 2.14. The van der Waals surface area contributed by atoms with E-state index < -0.39 is 0 Å². The van der Waals surface area contributed by atoms with E-state index in [1.165, 1.54) is 5.69 Å². The SMILES string of the molecule is OCCc1ccc(N2CCOCC2)c(Br)c1. The summed E-state index contributed by atoms with van der Waals surface area (Å²) < 4.78 is 6.43. The lowest BCUT2D eigenvalue weighted by atomic mass is 10.1. The fraction of sp³-hybridized carbons (Fsp3) is 0.500. The number of rotatable bonds is 3. The van der Waals surface area contributed by atoms with Crippen LogP contribution < -0.4 is 4.90 Å². The van der Waals surface area contributed by atoms with Crippen LogP contribution >= 0.6 is 15.9 Å². The maximum Gasteiger partial charge on any atom is 0.0642 e. The number of morpholine rings is 1. The molecule has 1 aliphatic heterocycles. The van der Waals surface area contributed by atoms with Crippen molar-refractivity contribution in [2.24, 2.45) is 0 Å². The minimum atomic E-state index is 0.198. The molecule has 1 aliphatic rings. The summed E-state index contributed by atoms with van der Waals surface area (Å²) in [4.78, 5) is 2.32. The lowest BCUT2D eigenvalue weighted by molar-refractivity contribution is 0.122. The molecule has 0 spiro atoms. The standard InChI is InChI=1S/C12H16BrNO2/c13-11-9-10(3-6-15)1-2-12(11)14-4-7-16-8-5-14/h1-2,9,15H,3-8H2. The van der Waals surface area contributed by atoms with Crippen LogP contribution in [0.3, 0.4) is 0 Å². The molecule has 1 heterocycles. The number of aliphatic hydroxyl groups excluding tert-OH is 1. The number of benzene rings is 1. The molecule has 0 unspecified atom stereocenters. The predicted molar refractivity (Wildman–Crippen MR) is 68.0 cm³/mol. The van der Waals surface area contributed by atoms with Gasteiger partial charge in [0.1, 0.15) is 0 Å². The Morgan fingerprint density at radius 1 is 1.31 bits per heavy atom. The van der Waals surface area contributed by atoms with Crippen molar-refractivity contribution < 1.29 is 9.84 Å². The number of hydrogen-bond donors (Lipinski definition) is 1. The first-order valence-electron chi connectivity index (χ1n) is 5.53. The highest BCUT2D eigenvalue weighted by atomic mass is 79.9. The van der Waals surface area contributed by atoms with Gasteiger partial charge in [-0.2, -0.15) is 0 Å². The van der Waals surface area contributed by atoms with Crippen LogP contribution in [0, 0.1) is 0 Å². The van der Waals surface area contributed by atoms with E-state index in [2.05, 4.69) is 39.0 Å². The minimum absolute atomic E-state index is 0.198. The molecule has 1 N–H and O–H groups in total. The largest absolute Gasteiger partial charge is 0.396 e. The first-order chi connectivity index (χ1) is 7.81. The first kappa shape index (κ1) is 11.9. The summed E-state index contributed by atoms with van der Waals surface area (Å²) in [6.07, 6.45) is 0.710. The fourth-order valence-electron chi connectivity index (χ4n) is 1.90. The van der Waals surface area contributed by atoms with E-state index in [9.17, 15) is 0 Å². The highest BCUT2D eigenvalue weighted by molar-refractivity contribution is 9.10. The van der Waals surface area contributed by atoms with E-state index in [-0.39, 0.29) is 6.61 Å². The second kappa shape index (κ2) is 5.66. The zero-order valence-corrected chi connectivity index (χ0v) is 10.7. The molecule has 0 bridgehead atoms. The highest BCUT2D eigenvalue weighted by Gasteiger charge is 2.13. The Morgan fingerprint density at radius 2 is 2.06 bits per heavy atom. The van der Waals surface area contributed by atoms with Gasteiger partial charge in [0.15, 0.2) is 0 Å². The van der Waals surface area contributed by atoms with Crippen molar-refractivity contribution in [2.45, 2.75) is 6.42 Å². The monoisotopic (exact) mass is 285 g/mol. The van der Waals surface area contributed by atoms with Gasteiger partial charge in [0.2, 0.25) is 0 Å². The van der Waals surface area contributed by atoms with Gasteiger partial charge in [0.05, 0.1) is 18.9 Å². The third kappa shape index (κ3) is 2.75. The molecule has 4 heteroatoms. The van der Waals surface area contributed by atoms with Gasteiger partial charge >= 0.3 is 0 Å². The van der Waals surface area contributed by atoms with Crippen LogP contribution in [0.4, 0.5) is 5.69 Å². The quantitative estimate of drug-likeness (QED) is 0.920.